The number of nitrogens with one attached hydrogen (secondary N) is 1. The molecule has 0 saturated carbocycles. The number of aliphatic hydroxyl groups is 4. The lowest BCUT2D eigenvalue weighted by molar-refractivity contribution is -0.746. The summed E-state index contributed by atoms with van der Waals surface area (Å²) in [5.41, 5.74) is 5.23. The molecule has 0 aliphatic carbocycles. The third-order valence-electron chi connectivity index (χ3n) is 4.07. The van der Waals surface area contributed by atoms with Gasteiger partial charge in [-0.15, -0.1) is 11.6 Å². The van der Waals surface area contributed by atoms with Crippen LogP contribution in [0.2, 0.25) is 0 Å². The molecule has 0 radical (unpaired) electrons. The molecular weight excluding hydrogens is 358 g/mol. The van der Waals surface area contributed by atoms with Crippen molar-refractivity contribution < 1.29 is 29.7 Å². The molecule has 0 amide bonds. The van der Waals surface area contributed by atoms with Crippen LogP contribution in [0.4, 0.5) is 5.95 Å². The number of aromatic nitrogens is 4. The molecule has 1 aliphatic heterocycles. The second-order valence-corrected chi connectivity index (χ2v) is 6.14. The molecule has 5 atom stereocenters. The Hall–Kier alpha value is -1.76. The summed E-state index contributed by atoms with van der Waals surface area (Å²) in [6.45, 7) is -0.495. The number of fused-ring (bicyclic) bond motifs is 1. The van der Waals surface area contributed by atoms with Crippen molar-refractivity contribution in [2.24, 2.45) is 0 Å². The molecule has 0 spiro atoms. The van der Waals surface area contributed by atoms with Crippen LogP contribution in [0.25, 0.3) is 11.2 Å². The Kier molecular flexibility index (Phi) is 4.95. The van der Waals surface area contributed by atoms with Crippen LogP contribution in [-0.4, -0.2) is 71.9 Å². The van der Waals surface area contributed by atoms with Crippen molar-refractivity contribution in [2.45, 2.75) is 37.2 Å². The third kappa shape index (κ3) is 3.10. The Morgan fingerprint density at radius 1 is 1.48 bits per heavy atom. The molecule has 3 heterocycles. The standard InChI is InChI=1S/C13H18ClN5O6/c14-1-5(21)2-18-4-19(10-7(18)11(24)17-13(15)16-10)12-9(23)8(22)6(3-20)25-12/h4-6,8-9,12,20-23H,1-3H2,(H2-,15,16,17,24)/p+1/t5?,6-,8-,9-,12-/m1/s1. The molecule has 1 unspecified atom stereocenters. The van der Waals surface area contributed by atoms with Gasteiger partial charge in [-0.3, -0.25) is 14.3 Å². The molecule has 1 saturated heterocycles. The molecule has 2 aromatic heterocycles. The van der Waals surface area contributed by atoms with Gasteiger partial charge in [0.1, 0.15) is 18.3 Å². The highest BCUT2D eigenvalue weighted by Gasteiger charge is 2.46. The molecule has 1 aliphatic rings. The van der Waals surface area contributed by atoms with E-state index < -0.39 is 42.8 Å². The average Bonchev–Trinajstić information content (AvgIpc) is 3.06. The molecule has 11 nitrogen and oxygen atoms in total. The number of rotatable bonds is 5. The molecule has 138 valence electrons. The number of hydrogen-bond donors (Lipinski definition) is 6. The summed E-state index contributed by atoms with van der Waals surface area (Å²) in [5.74, 6) is -0.193. The fraction of sp³-hybridized carbons (Fsp3) is 0.615. The van der Waals surface area contributed by atoms with E-state index in [0.717, 1.165) is 0 Å². The minimum absolute atomic E-state index is 0.00350. The number of imidazole rings is 1. The second-order valence-electron chi connectivity index (χ2n) is 5.84. The van der Waals surface area contributed by atoms with Gasteiger partial charge in [-0.2, -0.15) is 0 Å². The van der Waals surface area contributed by atoms with Crippen LogP contribution < -0.4 is 15.9 Å². The van der Waals surface area contributed by atoms with Gasteiger partial charge >= 0.3 is 5.65 Å². The minimum Gasteiger partial charge on any atom is -0.394 e. The van der Waals surface area contributed by atoms with E-state index in [2.05, 4.69) is 9.97 Å². The Balaban J connectivity index is 2.14. The summed E-state index contributed by atoms with van der Waals surface area (Å²) in [4.78, 5) is 18.7. The number of nitrogens with two attached hydrogens (primary N) is 1. The zero-order chi connectivity index (χ0) is 18.3. The summed E-state index contributed by atoms with van der Waals surface area (Å²) >= 11 is 5.61. The molecule has 7 N–H and O–H groups in total. The first kappa shape index (κ1) is 18.0. The predicted octanol–water partition coefficient (Wildman–Crippen LogP) is -3.19. The molecule has 3 rings (SSSR count). The van der Waals surface area contributed by atoms with E-state index in [1.54, 1.807) is 0 Å². The summed E-state index contributed by atoms with van der Waals surface area (Å²) in [7, 11) is 0. The maximum Gasteiger partial charge on any atom is 0.313 e. The van der Waals surface area contributed by atoms with Crippen molar-refractivity contribution >= 4 is 28.7 Å². The molecule has 12 heteroatoms. The lowest BCUT2D eigenvalue weighted by Crippen LogP contribution is -2.46. The maximum absolute atomic E-state index is 12.3. The van der Waals surface area contributed by atoms with Crippen molar-refractivity contribution in [3.05, 3.63) is 16.7 Å². The number of H-pyrrole nitrogens is 1. The minimum atomic E-state index is -1.36. The first-order chi connectivity index (χ1) is 11.9. The molecule has 1 fully saturated rings. The molecule has 0 bridgehead atoms. The number of nitrogen functional groups attached to an aromatic ring is 1. The van der Waals surface area contributed by atoms with Gasteiger partial charge in [0, 0.05) is 0 Å². The van der Waals surface area contributed by atoms with Crippen LogP contribution in [0.1, 0.15) is 6.23 Å². The maximum atomic E-state index is 12.3. The summed E-state index contributed by atoms with van der Waals surface area (Å²) < 4.78 is 8.20. The van der Waals surface area contributed by atoms with Crippen LogP contribution in [0.5, 0.6) is 0 Å². The summed E-state index contributed by atoms with van der Waals surface area (Å²) in [5, 5.41) is 39.2. The highest BCUT2D eigenvalue weighted by molar-refractivity contribution is 6.18. The van der Waals surface area contributed by atoms with E-state index in [9.17, 15) is 25.2 Å². The van der Waals surface area contributed by atoms with Gasteiger partial charge in [0.2, 0.25) is 11.7 Å². The number of anilines is 1. The number of nitrogens with zero attached hydrogens (tertiary/aromatic N) is 3. The Bertz CT molecular complexity index is 825. The highest BCUT2D eigenvalue weighted by atomic mass is 35.5. The third-order valence-corrected chi connectivity index (χ3v) is 4.42. The van der Waals surface area contributed by atoms with Crippen LogP contribution in [-0.2, 0) is 11.3 Å². The van der Waals surface area contributed by atoms with Crippen LogP contribution >= 0.6 is 11.6 Å². The van der Waals surface area contributed by atoms with E-state index in [1.165, 1.54) is 15.5 Å². The Morgan fingerprint density at radius 3 is 2.80 bits per heavy atom. The van der Waals surface area contributed by atoms with Crippen LogP contribution in [0.15, 0.2) is 11.1 Å². The number of halogens is 1. The quantitative estimate of drug-likeness (QED) is 0.234. The number of aliphatic hydroxyl groups excluding tert-OH is 4. The highest BCUT2D eigenvalue weighted by Crippen LogP contribution is 2.26. The second kappa shape index (κ2) is 6.86. The van der Waals surface area contributed by atoms with Crippen molar-refractivity contribution in [3.63, 3.8) is 0 Å². The topological polar surface area (TPSA) is 171 Å². The molecular formula is C13H19ClN5O6+. The van der Waals surface area contributed by atoms with Crippen molar-refractivity contribution in [3.8, 4) is 0 Å². The number of aromatic amines is 1. The Labute approximate surface area is 145 Å². The van der Waals surface area contributed by atoms with Gasteiger partial charge in [0.25, 0.3) is 11.5 Å². The summed E-state index contributed by atoms with van der Waals surface area (Å²) in [6.07, 6.45) is -4.28. The van der Waals surface area contributed by atoms with Crippen LogP contribution in [0.3, 0.4) is 0 Å². The van der Waals surface area contributed by atoms with E-state index in [4.69, 9.17) is 22.1 Å². The van der Waals surface area contributed by atoms with Gasteiger partial charge in [-0.1, -0.05) is 4.98 Å². The van der Waals surface area contributed by atoms with Crippen molar-refractivity contribution in [1.29, 1.82) is 0 Å². The first-order valence-corrected chi connectivity index (χ1v) is 8.07. The molecule has 2 aromatic rings. The van der Waals surface area contributed by atoms with Crippen molar-refractivity contribution in [2.75, 3.05) is 18.2 Å². The predicted molar refractivity (Wildman–Crippen MR) is 84.7 cm³/mol. The van der Waals surface area contributed by atoms with E-state index in [1.807, 2.05) is 0 Å². The zero-order valence-corrected chi connectivity index (χ0v) is 13.7. The van der Waals surface area contributed by atoms with E-state index >= 15 is 0 Å². The van der Waals surface area contributed by atoms with Gasteiger partial charge in [0.15, 0.2) is 6.33 Å². The van der Waals surface area contributed by atoms with Gasteiger partial charge in [-0.25, -0.2) is 4.57 Å². The number of alkyl halides is 1. The summed E-state index contributed by atoms with van der Waals surface area (Å²) in [6, 6.07) is 0. The first-order valence-electron chi connectivity index (χ1n) is 7.53. The SMILES string of the molecule is Nc1nc2c(c(=O)[nH]1)n(CC(O)CCl)c[n+]2[C@@H]1O[C@H](CO)[C@@H](O)[C@H]1O. The fourth-order valence-corrected chi connectivity index (χ4v) is 2.98. The number of hydrogen-bond acceptors (Lipinski definition) is 8. The lowest BCUT2D eigenvalue weighted by atomic mass is 10.1. The molecule has 25 heavy (non-hydrogen) atoms. The molecule has 0 aromatic carbocycles. The average molecular weight is 377 g/mol. The van der Waals surface area contributed by atoms with Gasteiger partial charge in [0.05, 0.1) is 25.1 Å². The van der Waals surface area contributed by atoms with Gasteiger partial charge in [-0.05, 0) is 0 Å². The van der Waals surface area contributed by atoms with E-state index in [0.29, 0.717) is 0 Å². The zero-order valence-electron chi connectivity index (χ0n) is 13.0. The normalized spacial score (nSPS) is 27.9. The Morgan fingerprint density at radius 2 is 2.20 bits per heavy atom. The van der Waals surface area contributed by atoms with Gasteiger partial charge < -0.3 is 30.9 Å². The van der Waals surface area contributed by atoms with Crippen molar-refractivity contribution in [1.82, 2.24) is 14.5 Å². The van der Waals surface area contributed by atoms with Crippen LogP contribution in [0, 0.1) is 0 Å². The smallest absolute Gasteiger partial charge is 0.313 e. The monoisotopic (exact) mass is 376 g/mol. The number of ether oxygens (including phenoxy) is 1. The van der Waals surface area contributed by atoms with E-state index in [-0.39, 0.29) is 29.5 Å². The largest absolute Gasteiger partial charge is 0.394 e. The fourth-order valence-electron chi connectivity index (χ4n) is 2.88. The lowest BCUT2D eigenvalue weighted by Gasteiger charge is -2.12.